The lowest BCUT2D eigenvalue weighted by Gasteiger charge is -2.51. The largest absolute Gasteiger partial charge is 0.407 e. The molecule has 2 saturated heterocycles. The maximum Gasteiger partial charge on any atom is 0.208 e. The quantitative estimate of drug-likeness (QED) is 0.0680. The molecular formula is C69H74O11SSi. The Bertz CT molecular complexity index is 3590. The molecule has 5 aliphatic heterocycles. The summed E-state index contributed by atoms with van der Waals surface area (Å²) in [6.45, 7) is 12.1. The SMILES string of the molecule is CC(C)(C)[Si](C)(C)O[C@H]1C=C[C@H]2O[C@H]3C[C@H]4O[C@H]5CC=C[C@H](/C=C/[C@@H](COCc6ccc7ccccc7c6)OCc6ccc7ccccc7c6)O[C@@H]5[C@@H](OCc5ccc6ccccc6c5)[C@@H]4O[C@@H]3C=C[C@@H]2O[C@@H]1S(=O)(=O)c1ccccc1. The molecule has 0 saturated carbocycles. The highest BCUT2D eigenvalue weighted by molar-refractivity contribution is 7.92. The lowest BCUT2D eigenvalue weighted by Crippen LogP contribution is -2.64. The first-order chi connectivity index (χ1) is 39.7. The molecule has 0 bridgehead atoms. The van der Waals surface area contributed by atoms with Crippen LogP contribution in [0.4, 0.5) is 0 Å². The Labute approximate surface area is 483 Å². The van der Waals surface area contributed by atoms with Crippen molar-refractivity contribution in [3.63, 3.8) is 0 Å². The zero-order valence-electron chi connectivity index (χ0n) is 47.3. The molecule has 0 unspecified atom stereocenters. The van der Waals surface area contributed by atoms with Crippen LogP contribution in [0.15, 0.2) is 211 Å². The van der Waals surface area contributed by atoms with Crippen LogP contribution < -0.4 is 0 Å². The minimum atomic E-state index is -4.05. The zero-order chi connectivity index (χ0) is 56.4. The highest BCUT2D eigenvalue weighted by Gasteiger charge is 2.54. The number of hydrogen-bond acceptors (Lipinski definition) is 11. The summed E-state index contributed by atoms with van der Waals surface area (Å²) in [7, 11) is -6.55. The number of hydrogen-bond donors (Lipinski definition) is 0. The van der Waals surface area contributed by atoms with Crippen molar-refractivity contribution in [1.29, 1.82) is 0 Å². The minimum absolute atomic E-state index is 0.168. The predicted molar refractivity (Wildman–Crippen MR) is 323 cm³/mol. The van der Waals surface area contributed by atoms with E-state index >= 15 is 0 Å². The molecule has 0 N–H and O–H groups in total. The van der Waals surface area contributed by atoms with Crippen molar-refractivity contribution in [2.45, 2.75) is 155 Å². The van der Waals surface area contributed by atoms with Gasteiger partial charge < -0.3 is 42.3 Å². The molecule has 5 heterocycles. The van der Waals surface area contributed by atoms with Crippen LogP contribution in [-0.2, 0) is 72.0 Å². The molecule has 7 aromatic rings. The molecule has 7 aromatic carbocycles. The first-order valence-electron chi connectivity index (χ1n) is 28.9. The van der Waals surface area contributed by atoms with Gasteiger partial charge in [0.25, 0.3) is 0 Å². The highest BCUT2D eigenvalue weighted by atomic mass is 32.2. The van der Waals surface area contributed by atoms with Crippen LogP contribution in [0, 0.1) is 0 Å². The van der Waals surface area contributed by atoms with E-state index in [1.54, 1.807) is 30.3 Å². The Morgan fingerprint density at radius 2 is 1.13 bits per heavy atom. The molecule has 12 rings (SSSR count). The highest BCUT2D eigenvalue weighted by Crippen LogP contribution is 2.43. The molecule has 0 aromatic heterocycles. The van der Waals surface area contributed by atoms with Gasteiger partial charge in [0, 0.05) is 6.42 Å². The molecule has 2 fully saturated rings. The molecule has 0 amide bonds. The zero-order valence-corrected chi connectivity index (χ0v) is 49.1. The summed E-state index contributed by atoms with van der Waals surface area (Å²) in [6.07, 6.45) is 10.5. The molecule has 0 spiro atoms. The van der Waals surface area contributed by atoms with Crippen molar-refractivity contribution in [3.8, 4) is 0 Å². The van der Waals surface area contributed by atoms with Gasteiger partial charge in [-0.05, 0) is 104 Å². The summed E-state index contributed by atoms with van der Waals surface area (Å²) in [5, 5.41) is 6.81. The molecule has 0 aliphatic carbocycles. The van der Waals surface area contributed by atoms with Crippen molar-refractivity contribution in [2.24, 2.45) is 0 Å². The van der Waals surface area contributed by atoms with Crippen molar-refractivity contribution < 1.29 is 50.7 Å². The minimum Gasteiger partial charge on any atom is -0.407 e. The van der Waals surface area contributed by atoms with Crippen molar-refractivity contribution in [2.75, 3.05) is 6.61 Å². The van der Waals surface area contributed by atoms with Gasteiger partial charge in [0.05, 0.1) is 61.8 Å². The summed E-state index contributed by atoms with van der Waals surface area (Å²) in [4.78, 5) is 0.168. The fraction of sp³-hybridized carbons (Fsp3) is 0.362. The van der Waals surface area contributed by atoms with E-state index < -0.39 is 90.7 Å². The van der Waals surface area contributed by atoms with Crippen LogP contribution in [-0.4, -0.2) is 102 Å². The van der Waals surface area contributed by atoms with Gasteiger partial charge in [-0.2, -0.15) is 0 Å². The number of rotatable bonds is 16. The van der Waals surface area contributed by atoms with Crippen molar-refractivity contribution in [3.05, 3.63) is 223 Å². The number of ether oxygens (including phenoxy) is 8. The molecule has 0 radical (unpaired) electrons. The van der Waals surface area contributed by atoms with Gasteiger partial charge in [0.1, 0.15) is 42.7 Å². The Morgan fingerprint density at radius 1 is 0.573 bits per heavy atom. The smallest absolute Gasteiger partial charge is 0.208 e. The van der Waals surface area contributed by atoms with Crippen molar-refractivity contribution >= 4 is 50.5 Å². The third-order valence-electron chi connectivity index (χ3n) is 17.1. The average Bonchev–Trinajstić information content (AvgIpc) is 3.71. The molecule has 13 atom stereocenters. The second-order valence-electron chi connectivity index (χ2n) is 23.9. The molecule has 5 aliphatic rings. The predicted octanol–water partition coefficient (Wildman–Crippen LogP) is 13.5. The first-order valence-corrected chi connectivity index (χ1v) is 33.4. The second kappa shape index (κ2) is 24.4. The summed E-state index contributed by atoms with van der Waals surface area (Å²) in [6, 6.07) is 52.8. The maximum absolute atomic E-state index is 14.6. The number of fused-ring (bicyclic) bond motifs is 7. The standard InChI is InChI=1S/C69H74O11SSi/c1-69(2,3)82(4,5)80-62-37-36-58-59(79-68(62)81(70,71)57-23-7-6-8-24-57)34-35-60-63(76-58)41-64-66(78-60)67(74-44-48-28-31-51-18-11-14-21-54(51)40-48)65-61(77-64)25-15-22-55(75-65)32-33-56(73-43-47-27-30-50-17-10-13-20-53(50)39-47)45-72-42-46-26-29-49-16-9-12-19-52(49)38-46/h6-24,26-40,55-56,58-68H,25,41-45H2,1-5H3/b33-32+/t55-,56+,58-,59+,60-,61+,62+,63+,64-,65+,66-,67-,68-/m1/s1. The normalized spacial score (nSPS) is 28.0. The Kier molecular flexibility index (Phi) is 16.8. The van der Waals surface area contributed by atoms with E-state index in [1.807, 2.05) is 36.4 Å². The van der Waals surface area contributed by atoms with Gasteiger partial charge in [-0.3, -0.25) is 0 Å². The van der Waals surface area contributed by atoms with Gasteiger partial charge in [-0.25, -0.2) is 8.42 Å². The molecule has 13 heteroatoms. The van der Waals surface area contributed by atoms with Gasteiger partial charge >= 0.3 is 0 Å². The monoisotopic (exact) mass is 1140 g/mol. The summed E-state index contributed by atoms with van der Waals surface area (Å²) < 4.78 is 91.6. The molecule has 82 heavy (non-hydrogen) atoms. The summed E-state index contributed by atoms with van der Waals surface area (Å²) in [5.41, 5.74) is 1.86. The van der Waals surface area contributed by atoms with Crippen molar-refractivity contribution in [1.82, 2.24) is 0 Å². The number of sulfone groups is 1. The average molecular weight is 1140 g/mol. The first kappa shape index (κ1) is 56.6. The van der Waals surface area contributed by atoms with Gasteiger partial charge in [-0.15, -0.1) is 0 Å². The maximum atomic E-state index is 14.6. The molecular weight excluding hydrogens is 1060 g/mol. The van der Waals surface area contributed by atoms with Crippen LogP contribution in [0.3, 0.4) is 0 Å². The fourth-order valence-electron chi connectivity index (χ4n) is 11.6. The van der Waals surface area contributed by atoms with E-state index in [2.05, 4.69) is 173 Å². The Morgan fingerprint density at radius 3 is 1.78 bits per heavy atom. The van der Waals surface area contributed by atoms with E-state index in [0.717, 1.165) is 32.8 Å². The summed E-state index contributed by atoms with van der Waals surface area (Å²) >= 11 is 0. The van der Waals surface area contributed by atoms with E-state index in [1.165, 1.54) is 16.2 Å². The van der Waals surface area contributed by atoms with Gasteiger partial charge in [0.15, 0.2) is 13.8 Å². The van der Waals surface area contributed by atoms with Gasteiger partial charge in [-0.1, -0.05) is 197 Å². The third-order valence-corrected chi connectivity index (χ3v) is 23.5. The van der Waals surface area contributed by atoms with Crippen LogP contribution in [0.25, 0.3) is 32.3 Å². The second-order valence-corrected chi connectivity index (χ2v) is 30.7. The van der Waals surface area contributed by atoms with Gasteiger partial charge in [0.2, 0.25) is 9.84 Å². The lowest BCUT2D eigenvalue weighted by atomic mass is 9.87. The van der Waals surface area contributed by atoms with E-state index in [4.69, 9.17) is 42.3 Å². The topological polar surface area (TPSA) is 117 Å². The molecule has 11 nitrogen and oxygen atoms in total. The van der Waals surface area contributed by atoms with Crippen LogP contribution in [0.1, 0.15) is 50.3 Å². The van der Waals surface area contributed by atoms with E-state index in [9.17, 15) is 8.42 Å². The van der Waals surface area contributed by atoms with E-state index in [0.29, 0.717) is 39.3 Å². The molecule has 426 valence electrons. The lowest BCUT2D eigenvalue weighted by molar-refractivity contribution is -0.297. The third kappa shape index (κ3) is 12.6. The number of benzene rings is 7. The fourth-order valence-corrected chi connectivity index (χ4v) is 14.5. The van der Waals surface area contributed by atoms with Crippen LogP contribution in [0.2, 0.25) is 18.1 Å². The summed E-state index contributed by atoms with van der Waals surface area (Å²) in [5.74, 6) is 0. The van der Waals surface area contributed by atoms with Crippen LogP contribution in [0.5, 0.6) is 0 Å². The van der Waals surface area contributed by atoms with E-state index in [-0.39, 0.29) is 16.0 Å². The van der Waals surface area contributed by atoms with Crippen LogP contribution >= 0.6 is 0 Å². The Hall–Kier alpha value is -5.91. The Balaban J connectivity index is 0.801.